The van der Waals surface area contributed by atoms with Crippen LogP contribution in [0.1, 0.15) is 13.8 Å². The molecule has 0 N–H and O–H groups in total. The van der Waals surface area contributed by atoms with Crippen molar-refractivity contribution in [2.45, 2.75) is 26.1 Å². The number of morpholine rings is 1. The van der Waals surface area contributed by atoms with E-state index in [1.54, 1.807) is 6.07 Å². The molecule has 0 bridgehead atoms. The molecule has 2 rings (SSSR count). The second-order valence-corrected chi connectivity index (χ2v) is 4.75. The van der Waals surface area contributed by atoms with Gasteiger partial charge in [0.15, 0.2) is 10.3 Å². The fourth-order valence-corrected chi connectivity index (χ4v) is 2.29. The van der Waals surface area contributed by atoms with Crippen LogP contribution in [0.4, 0.5) is 5.69 Å². The van der Waals surface area contributed by atoms with Crippen molar-refractivity contribution in [3.63, 3.8) is 0 Å². The minimum Gasteiger partial charge on any atom is -0.372 e. The number of hydrogen-bond donors (Lipinski definition) is 0. The fourth-order valence-electron chi connectivity index (χ4n) is 1.94. The van der Waals surface area contributed by atoms with Crippen molar-refractivity contribution in [2.24, 2.45) is 0 Å². The molecule has 0 aliphatic carbocycles. The molecule has 0 radical (unpaired) electrons. The Labute approximate surface area is 105 Å². The molecule has 0 aromatic carbocycles. The first kappa shape index (κ1) is 11.9. The van der Waals surface area contributed by atoms with Gasteiger partial charge in [0.2, 0.25) is 0 Å². The standard InChI is InChI=1S/C10H13Cl2N3O/c1-6-4-15(5-7(2)16-6)8-3-9(11)13-14-10(8)12/h3,6-7H,4-5H2,1-2H3/t6-,7+. The van der Waals surface area contributed by atoms with Crippen LogP contribution in [-0.4, -0.2) is 35.5 Å². The number of hydrogen-bond acceptors (Lipinski definition) is 4. The molecule has 1 aromatic rings. The molecular weight excluding hydrogens is 249 g/mol. The van der Waals surface area contributed by atoms with Gasteiger partial charge in [-0.2, -0.15) is 0 Å². The predicted molar refractivity (Wildman–Crippen MR) is 64.3 cm³/mol. The molecule has 6 heteroatoms. The number of nitrogens with zero attached hydrogens (tertiary/aromatic N) is 3. The van der Waals surface area contributed by atoms with Crippen molar-refractivity contribution in [3.05, 3.63) is 16.4 Å². The lowest BCUT2D eigenvalue weighted by Crippen LogP contribution is -2.45. The van der Waals surface area contributed by atoms with Gasteiger partial charge in [-0.1, -0.05) is 23.2 Å². The highest BCUT2D eigenvalue weighted by atomic mass is 35.5. The molecule has 4 nitrogen and oxygen atoms in total. The van der Waals surface area contributed by atoms with Crippen molar-refractivity contribution in [2.75, 3.05) is 18.0 Å². The Morgan fingerprint density at radius 3 is 2.50 bits per heavy atom. The summed E-state index contributed by atoms with van der Waals surface area (Å²) in [7, 11) is 0. The molecule has 16 heavy (non-hydrogen) atoms. The third kappa shape index (κ3) is 2.56. The SMILES string of the molecule is C[C@@H]1CN(c2cc(Cl)nnc2Cl)C[C@H](C)O1. The first-order valence-electron chi connectivity index (χ1n) is 5.15. The van der Waals surface area contributed by atoms with Crippen molar-refractivity contribution >= 4 is 28.9 Å². The Morgan fingerprint density at radius 2 is 1.88 bits per heavy atom. The molecule has 1 aliphatic rings. The topological polar surface area (TPSA) is 38.2 Å². The molecular formula is C10H13Cl2N3O. The van der Waals surface area contributed by atoms with Crippen LogP contribution in [-0.2, 0) is 4.74 Å². The van der Waals surface area contributed by atoms with Crippen LogP contribution >= 0.6 is 23.2 Å². The molecule has 88 valence electrons. The minimum absolute atomic E-state index is 0.173. The summed E-state index contributed by atoms with van der Waals surface area (Å²) in [6.45, 7) is 5.64. The van der Waals surface area contributed by atoms with Gasteiger partial charge in [0.1, 0.15) is 0 Å². The van der Waals surface area contributed by atoms with Gasteiger partial charge in [-0.25, -0.2) is 0 Å². The third-order valence-corrected chi connectivity index (χ3v) is 2.91. The van der Waals surface area contributed by atoms with Crippen LogP contribution in [0.3, 0.4) is 0 Å². The second kappa shape index (κ2) is 4.73. The van der Waals surface area contributed by atoms with Crippen LogP contribution in [0, 0.1) is 0 Å². The summed E-state index contributed by atoms with van der Waals surface area (Å²) in [5.41, 5.74) is 0.823. The van der Waals surface area contributed by atoms with Crippen LogP contribution in [0.15, 0.2) is 6.07 Å². The number of aromatic nitrogens is 2. The fraction of sp³-hybridized carbons (Fsp3) is 0.600. The van der Waals surface area contributed by atoms with Crippen LogP contribution in [0.2, 0.25) is 10.3 Å². The van der Waals surface area contributed by atoms with E-state index in [2.05, 4.69) is 15.1 Å². The summed E-state index contributed by atoms with van der Waals surface area (Å²) in [5.74, 6) is 0. The van der Waals surface area contributed by atoms with Crippen molar-refractivity contribution in [1.82, 2.24) is 10.2 Å². The first-order chi connectivity index (χ1) is 7.56. The average Bonchev–Trinajstić information content (AvgIpc) is 2.20. The first-order valence-corrected chi connectivity index (χ1v) is 5.91. The predicted octanol–water partition coefficient (Wildman–Crippen LogP) is 2.40. The normalized spacial score (nSPS) is 25.9. The van der Waals surface area contributed by atoms with E-state index in [9.17, 15) is 0 Å². The van der Waals surface area contributed by atoms with E-state index in [4.69, 9.17) is 27.9 Å². The van der Waals surface area contributed by atoms with Gasteiger partial charge in [0, 0.05) is 19.2 Å². The largest absolute Gasteiger partial charge is 0.372 e. The molecule has 2 atom stereocenters. The van der Waals surface area contributed by atoms with Crippen molar-refractivity contribution in [3.8, 4) is 0 Å². The van der Waals surface area contributed by atoms with E-state index in [1.807, 2.05) is 13.8 Å². The molecule has 0 spiro atoms. The Bertz CT molecular complexity index is 378. The minimum atomic E-state index is 0.173. The van der Waals surface area contributed by atoms with Gasteiger partial charge < -0.3 is 9.64 Å². The lowest BCUT2D eigenvalue weighted by Gasteiger charge is -2.36. The quantitative estimate of drug-likeness (QED) is 0.779. The monoisotopic (exact) mass is 261 g/mol. The third-order valence-electron chi connectivity index (χ3n) is 2.46. The number of rotatable bonds is 1. The molecule has 0 unspecified atom stereocenters. The lowest BCUT2D eigenvalue weighted by molar-refractivity contribution is -0.00523. The molecule has 0 amide bonds. The van der Waals surface area contributed by atoms with Gasteiger partial charge in [0.25, 0.3) is 0 Å². The Balaban J connectivity index is 2.25. The zero-order valence-electron chi connectivity index (χ0n) is 9.15. The van der Waals surface area contributed by atoms with Crippen LogP contribution in [0.25, 0.3) is 0 Å². The van der Waals surface area contributed by atoms with Gasteiger partial charge in [0.05, 0.1) is 17.9 Å². The highest BCUT2D eigenvalue weighted by Gasteiger charge is 2.24. The van der Waals surface area contributed by atoms with E-state index in [1.165, 1.54) is 0 Å². The van der Waals surface area contributed by atoms with E-state index in [0.29, 0.717) is 10.3 Å². The molecule has 0 saturated carbocycles. The van der Waals surface area contributed by atoms with Gasteiger partial charge in [-0.05, 0) is 13.8 Å². The summed E-state index contributed by atoms with van der Waals surface area (Å²) in [4.78, 5) is 2.13. The van der Waals surface area contributed by atoms with E-state index >= 15 is 0 Å². The average molecular weight is 262 g/mol. The molecule has 1 aliphatic heterocycles. The Morgan fingerprint density at radius 1 is 1.25 bits per heavy atom. The smallest absolute Gasteiger partial charge is 0.175 e. The van der Waals surface area contributed by atoms with E-state index in [0.717, 1.165) is 18.8 Å². The molecule has 1 saturated heterocycles. The molecule has 1 fully saturated rings. The van der Waals surface area contributed by atoms with Crippen LogP contribution < -0.4 is 4.90 Å². The van der Waals surface area contributed by atoms with Gasteiger partial charge >= 0.3 is 0 Å². The lowest BCUT2D eigenvalue weighted by atomic mass is 10.2. The van der Waals surface area contributed by atoms with Crippen LogP contribution in [0.5, 0.6) is 0 Å². The summed E-state index contributed by atoms with van der Waals surface area (Å²) >= 11 is 11.8. The Hall–Kier alpha value is -0.580. The maximum atomic E-state index is 6.01. The summed E-state index contributed by atoms with van der Waals surface area (Å²) in [6.07, 6.45) is 0.346. The Kier molecular flexibility index (Phi) is 3.52. The van der Waals surface area contributed by atoms with Crippen molar-refractivity contribution in [1.29, 1.82) is 0 Å². The van der Waals surface area contributed by atoms with E-state index in [-0.39, 0.29) is 12.2 Å². The maximum absolute atomic E-state index is 6.01. The highest BCUT2D eigenvalue weighted by molar-refractivity contribution is 6.33. The number of ether oxygens (including phenoxy) is 1. The highest BCUT2D eigenvalue weighted by Crippen LogP contribution is 2.27. The second-order valence-electron chi connectivity index (χ2n) is 4.01. The summed E-state index contributed by atoms with van der Waals surface area (Å²) < 4.78 is 5.65. The van der Waals surface area contributed by atoms with Gasteiger partial charge in [-0.3, -0.25) is 0 Å². The van der Waals surface area contributed by atoms with E-state index < -0.39 is 0 Å². The zero-order valence-corrected chi connectivity index (χ0v) is 10.7. The summed E-state index contributed by atoms with van der Waals surface area (Å²) in [5, 5.41) is 8.24. The summed E-state index contributed by atoms with van der Waals surface area (Å²) in [6, 6.07) is 1.74. The molecule has 2 heterocycles. The number of halogens is 2. The zero-order chi connectivity index (χ0) is 11.7. The number of anilines is 1. The molecule has 1 aromatic heterocycles. The van der Waals surface area contributed by atoms with Crippen molar-refractivity contribution < 1.29 is 4.74 Å². The van der Waals surface area contributed by atoms with Gasteiger partial charge in [-0.15, -0.1) is 10.2 Å². The maximum Gasteiger partial charge on any atom is 0.175 e.